The maximum absolute atomic E-state index is 13.8. The Morgan fingerprint density at radius 2 is 1.47 bits per heavy atom. The van der Waals surface area contributed by atoms with Crippen molar-refractivity contribution >= 4 is 62.2 Å². The topological polar surface area (TPSA) is 265 Å². The average molecular weight is 976 g/mol. The number of benzene rings is 2. The Labute approximate surface area is 407 Å². The molecule has 378 valence electrons. The summed E-state index contributed by atoms with van der Waals surface area (Å²) in [4.78, 5) is 123. The van der Waals surface area contributed by atoms with Gasteiger partial charge in [-0.15, -0.1) is 0 Å². The Kier molecular flexibility index (Phi) is 24.5. The third kappa shape index (κ3) is 17.9. The van der Waals surface area contributed by atoms with Crippen molar-refractivity contribution in [2.24, 2.45) is 5.92 Å². The molecule has 22 heteroatoms. The van der Waals surface area contributed by atoms with Crippen LogP contribution >= 0.6 is 0 Å². The van der Waals surface area contributed by atoms with E-state index in [-0.39, 0.29) is 60.4 Å². The molecule has 0 aliphatic heterocycles. The van der Waals surface area contributed by atoms with Gasteiger partial charge in [-0.2, -0.15) is 5.06 Å². The van der Waals surface area contributed by atoms with E-state index < -0.39 is 78.7 Å². The van der Waals surface area contributed by atoms with E-state index in [0.717, 1.165) is 24.3 Å². The molecule has 0 fully saturated rings. The number of furan rings is 1. The van der Waals surface area contributed by atoms with Crippen LogP contribution in [0.2, 0.25) is 0 Å². The molecule has 1 aromatic heterocycles. The predicted octanol–water partition coefficient (Wildman–Crippen LogP) is 5.20. The predicted molar refractivity (Wildman–Crippen MR) is 251 cm³/mol. The lowest BCUT2D eigenvalue weighted by molar-refractivity contribution is -0.171. The number of rotatable bonds is 30. The molecule has 2 aromatic carbocycles. The van der Waals surface area contributed by atoms with Crippen LogP contribution in [-0.2, 0) is 42.9 Å². The SMILES string of the molecule is [B]OC(=O)C[C@H](NC(=O)c1ccc(-c2ccc(C(=O)NCNC(=O)[C@H](CCCCC)[C@@H](CC)N(C=O)OC(=O)c3ccccc3OC(=O)N(C)C)o2)cc1OCC(=O)OCCCC)C(=O)OCCCC. The van der Waals surface area contributed by atoms with Gasteiger partial charge in [-0.25, -0.2) is 19.2 Å². The summed E-state index contributed by atoms with van der Waals surface area (Å²) < 4.78 is 31.5. The van der Waals surface area contributed by atoms with Crippen molar-refractivity contribution in [2.75, 3.05) is 40.6 Å². The van der Waals surface area contributed by atoms with Crippen LogP contribution in [0.5, 0.6) is 11.5 Å². The second kappa shape index (κ2) is 30.2. The Balaban J connectivity index is 1.80. The Morgan fingerprint density at radius 1 is 0.771 bits per heavy atom. The number of amides is 5. The first kappa shape index (κ1) is 56.9. The van der Waals surface area contributed by atoms with Crippen molar-refractivity contribution in [1.82, 2.24) is 25.9 Å². The number of unbranched alkanes of at least 4 members (excludes halogenated alkanes) is 4. The minimum atomic E-state index is -1.49. The molecule has 1 heterocycles. The van der Waals surface area contributed by atoms with Gasteiger partial charge in [-0.1, -0.05) is 78.0 Å². The van der Waals surface area contributed by atoms with Gasteiger partial charge in [0.1, 0.15) is 28.9 Å². The summed E-state index contributed by atoms with van der Waals surface area (Å²) in [5.74, 6) is -6.97. The van der Waals surface area contributed by atoms with Crippen LogP contribution < -0.4 is 25.4 Å². The number of ether oxygens (including phenoxy) is 4. The maximum Gasteiger partial charge on any atom is 0.414 e. The first-order valence-electron chi connectivity index (χ1n) is 23.0. The van der Waals surface area contributed by atoms with E-state index in [4.69, 9.17) is 36.3 Å². The Morgan fingerprint density at radius 3 is 2.13 bits per heavy atom. The number of nitrogens with zero attached hydrogens (tertiary/aromatic N) is 2. The maximum atomic E-state index is 13.8. The number of nitrogens with one attached hydrogen (secondary N) is 3. The van der Waals surface area contributed by atoms with Gasteiger partial charge < -0.3 is 53.7 Å². The Hall–Kier alpha value is -7.39. The van der Waals surface area contributed by atoms with Crippen molar-refractivity contribution in [3.8, 4) is 22.8 Å². The summed E-state index contributed by atoms with van der Waals surface area (Å²) in [6, 6.07) is 10.4. The summed E-state index contributed by atoms with van der Waals surface area (Å²) in [6.45, 7) is 6.72. The van der Waals surface area contributed by atoms with E-state index in [0.29, 0.717) is 44.1 Å². The highest BCUT2D eigenvalue weighted by Gasteiger charge is 2.34. The van der Waals surface area contributed by atoms with E-state index in [2.05, 4.69) is 20.6 Å². The van der Waals surface area contributed by atoms with Gasteiger partial charge in [0.05, 0.1) is 43.8 Å². The fraction of sp³-hybridized carbons (Fsp3) is 0.479. The second-order valence-corrected chi connectivity index (χ2v) is 15.9. The number of carbonyl (C=O) groups excluding carboxylic acids is 9. The third-order valence-corrected chi connectivity index (χ3v) is 10.4. The van der Waals surface area contributed by atoms with Crippen molar-refractivity contribution in [2.45, 2.75) is 104 Å². The van der Waals surface area contributed by atoms with Gasteiger partial charge in [0.2, 0.25) is 12.3 Å². The molecule has 21 nitrogen and oxygen atoms in total. The minimum Gasteiger partial charge on any atom is -0.543 e. The Bertz CT molecular complexity index is 2250. The second-order valence-electron chi connectivity index (χ2n) is 15.9. The molecule has 70 heavy (non-hydrogen) atoms. The highest BCUT2D eigenvalue weighted by atomic mass is 16.7. The first-order valence-corrected chi connectivity index (χ1v) is 23.0. The smallest absolute Gasteiger partial charge is 0.414 e. The zero-order valence-corrected chi connectivity index (χ0v) is 40.4. The van der Waals surface area contributed by atoms with Crippen LogP contribution in [0.15, 0.2) is 59.0 Å². The summed E-state index contributed by atoms with van der Waals surface area (Å²) in [5.41, 5.74) is 0.00299. The molecule has 0 saturated carbocycles. The standard InChI is InChI=1S/C48H62BN5O16/c1-7-11-14-17-32(36(10-4)54(30-55)70-46(61)34-18-15-16-19-38(34)68-48(63)53(5)6)43(58)50-29-51-45(60)39-23-22-37(67-39)31-20-21-33(40(26-31)66-28-42(57)64-24-12-8-2)44(59)52-35(27-41(56)69-49)47(62)65-25-13-9-3/h15-16,18-23,26,30,32,35-36H,7-14,17,24-25,27-29H2,1-6H3,(H,50,58)(H,51,60)(H,52,59)/t32-,35+,36-/m1/s1. The van der Waals surface area contributed by atoms with Gasteiger partial charge in [-0.05, 0) is 62.1 Å². The minimum absolute atomic E-state index is 0.0406. The van der Waals surface area contributed by atoms with Crippen LogP contribution in [0.3, 0.4) is 0 Å². The molecule has 0 aliphatic rings. The molecule has 3 aromatic rings. The molecule has 0 spiro atoms. The first-order chi connectivity index (χ1) is 33.6. The number of esters is 2. The van der Waals surface area contributed by atoms with Gasteiger partial charge in [-0.3, -0.25) is 24.0 Å². The van der Waals surface area contributed by atoms with E-state index >= 15 is 0 Å². The van der Waals surface area contributed by atoms with Gasteiger partial charge in [0.15, 0.2) is 12.4 Å². The number of hydrogen-bond donors (Lipinski definition) is 3. The zero-order valence-electron chi connectivity index (χ0n) is 40.4. The molecule has 5 amide bonds. The van der Waals surface area contributed by atoms with E-state index in [9.17, 15) is 43.2 Å². The van der Waals surface area contributed by atoms with Crippen LogP contribution in [0.4, 0.5) is 4.79 Å². The average Bonchev–Trinajstić information content (AvgIpc) is 3.85. The molecule has 2 radical (unpaired) electrons. The highest BCUT2D eigenvalue weighted by molar-refractivity contribution is 6.06. The van der Waals surface area contributed by atoms with Crippen LogP contribution in [0.1, 0.15) is 123 Å². The molecule has 3 N–H and O–H groups in total. The molecule has 0 saturated heterocycles. The van der Waals surface area contributed by atoms with Crippen molar-refractivity contribution in [1.29, 1.82) is 0 Å². The fourth-order valence-corrected chi connectivity index (χ4v) is 6.57. The number of para-hydroxylation sites is 1. The lowest BCUT2D eigenvalue weighted by Gasteiger charge is -2.32. The van der Waals surface area contributed by atoms with Crippen molar-refractivity contribution < 1.29 is 76.0 Å². The lowest BCUT2D eigenvalue weighted by atomic mass is 9.90. The van der Waals surface area contributed by atoms with Crippen LogP contribution in [0, 0.1) is 5.92 Å². The van der Waals surface area contributed by atoms with Gasteiger partial charge >= 0.3 is 32.1 Å². The fourth-order valence-electron chi connectivity index (χ4n) is 6.57. The van der Waals surface area contributed by atoms with E-state index in [1.807, 2.05) is 20.8 Å². The quantitative estimate of drug-likeness (QED) is 0.0194. The number of carbonyl (C=O) groups is 9. The van der Waals surface area contributed by atoms with Crippen LogP contribution in [0.25, 0.3) is 11.3 Å². The van der Waals surface area contributed by atoms with Gasteiger partial charge in [0, 0.05) is 19.7 Å². The number of hydrogen-bond acceptors (Lipinski definition) is 16. The summed E-state index contributed by atoms with van der Waals surface area (Å²) in [6.07, 6.45) is 4.23. The molecule has 0 bridgehead atoms. The molecule has 3 atom stereocenters. The van der Waals surface area contributed by atoms with E-state index in [1.54, 1.807) is 13.0 Å². The normalized spacial score (nSPS) is 11.9. The lowest BCUT2D eigenvalue weighted by Crippen LogP contribution is -2.49. The molecular formula is C48H62BN5O16. The highest BCUT2D eigenvalue weighted by Crippen LogP contribution is 2.30. The number of hydroxylamine groups is 2. The van der Waals surface area contributed by atoms with E-state index in [1.165, 1.54) is 67.5 Å². The molecule has 0 aliphatic carbocycles. The molecular weight excluding hydrogens is 913 g/mol. The summed E-state index contributed by atoms with van der Waals surface area (Å²) >= 11 is 0. The monoisotopic (exact) mass is 975 g/mol. The van der Waals surface area contributed by atoms with Crippen LogP contribution in [-0.4, -0.2) is 125 Å². The molecule has 0 unspecified atom stereocenters. The summed E-state index contributed by atoms with van der Waals surface area (Å²) in [7, 11) is 7.92. The largest absolute Gasteiger partial charge is 0.543 e. The third-order valence-electron chi connectivity index (χ3n) is 10.4. The van der Waals surface area contributed by atoms with Crippen molar-refractivity contribution in [3.63, 3.8) is 0 Å². The van der Waals surface area contributed by atoms with Crippen molar-refractivity contribution in [3.05, 3.63) is 71.5 Å². The molecule has 3 rings (SSSR count). The van der Waals surface area contributed by atoms with Gasteiger partial charge in [0.25, 0.3) is 17.8 Å². The summed E-state index contributed by atoms with van der Waals surface area (Å²) in [5, 5.41) is 8.44. The zero-order chi connectivity index (χ0) is 51.6.